The SMILES string of the molecule is CC(C)(C(=O)NCC1(C(=O)O)CCOCC1)S(C)(=O)=O. The zero-order chi connectivity index (χ0) is 15.6. The lowest BCUT2D eigenvalue weighted by molar-refractivity contribution is -0.154. The van der Waals surface area contributed by atoms with Gasteiger partial charge in [-0.3, -0.25) is 9.59 Å². The Morgan fingerprint density at radius 2 is 1.80 bits per heavy atom. The van der Waals surface area contributed by atoms with Crippen LogP contribution in [-0.2, 0) is 24.2 Å². The van der Waals surface area contributed by atoms with E-state index in [4.69, 9.17) is 4.74 Å². The third-order valence-corrected chi connectivity index (χ3v) is 6.00. The molecule has 1 amide bonds. The molecule has 0 radical (unpaired) electrons. The Morgan fingerprint density at radius 3 is 2.20 bits per heavy atom. The van der Waals surface area contributed by atoms with E-state index < -0.39 is 31.9 Å². The molecule has 0 aromatic carbocycles. The van der Waals surface area contributed by atoms with Crippen LogP contribution >= 0.6 is 0 Å². The van der Waals surface area contributed by atoms with Gasteiger partial charge in [-0.25, -0.2) is 8.42 Å². The first-order chi connectivity index (χ1) is 9.03. The Hall–Kier alpha value is -1.15. The molecule has 0 unspecified atom stereocenters. The smallest absolute Gasteiger partial charge is 0.311 e. The van der Waals surface area contributed by atoms with Crippen molar-refractivity contribution in [2.24, 2.45) is 5.41 Å². The van der Waals surface area contributed by atoms with Gasteiger partial charge in [0.15, 0.2) is 9.84 Å². The normalized spacial score (nSPS) is 19.4. The lowest BCUT2D eigenvalue weighted by Gasteiger charge is -2.34. The Labute approximate surface area is 118 Å². The quantitative estimate of drug-likeness (QED) is 0.728. The number of ether oxygens (including phenoxy) is 1. The van der Waals surface area contributed by atoms with Crippen molar-refractivity contribution in [3.8, 4) is 0 Å². The summed E-state index contributed by atoms with van der Waals surface area (Å²) in [6, 6.07) is 0. The minimum Gasteiger partial charge on any atom is -0.481 e. The lowest BCUT2D eigenvalue weighted by Crippen LogP contribution is -2.53. The van der Waals surface area contributed by atoms with Crippen molar-refractivity contribution in [1.82, 2.24) is 5.32 Å². The number of rotatable bonds is 5. The highest BCUT2D eigenvalue weighted by molar-refractivity contribution is 7.92. The average molecular weight is 307 g/mol. The Bertz CT molecular complexity index is 490. The number of amides is 1. The molecule has 0 atom stereocenters. The molecule has 1 saturated heterocycles. The molecule has 0 saturated carbocycles. The van der Waals surface area contributed by atoms with Crippen molar-refractivity contribution in [3.63, 3.8) is 0 Å². The van der Waals surface area contributed by atoms with Crippen LogP contribution < -0.4 is 5.32 Å². The molecule has 2 N–H and O–H groups in total. The minimum atomic E-state index is -3.58. The molecule has 0 aromatic heterocycles. The topological polar surface area (TPSA) is 110 Å². The first kappa shape index (κ1) is 16.9. The van der Waals surface area contributed by atoms with Crippen LogP contribution in [0.5, 0.6) is 0 Å². The summed E-state index contributed by atoms with van der Waals surface area (Å²) in [7, 11) is -3.58. The van der Waals surface area contributed by atoms with Crippen LogP contribution in [-0.4, -0.2) is 56.2 Å². The fourth-order valence-electron chi connectivity index (χ4n) is 1.86. The standard InChI is InChI=1S/C12H21NO6S/c1-11(2,20(3,17)18)9(14)13-8-12(10(15)16)4-6-19-7-5-12/h4-8H2,1-3H3,(H,13,14)(H,15,16). The summed E-state index contributed by atoms with van der Waals surface area (Å²) < 4.78 is 26.7. The van der Waals surface area contributed by atoms with Crippen LogP contribution in [0.25, 0.3) is 0 Å². The summed E-state index contributed by atoms with van der Waals surface area (Å²) in [6.45, 7) is 3.14. The average Bonchev–Trinajstić information content (AvgIpc) is 2.35. The molecule has 20 heavy (non-hydrogen) atoms. The molecule has 1 aliphatic heterocycles. The van der Waals surface area contributed by atoms with Crippen molar-refractivity contribution in [1.29, 1.82) is 0 Å². The van der Waals surface area contributed by atoms with Crippen molar-refractivity contribution < 1.29 is 27.9 Å². The van der Waals surface area contributed by atoms with Crippen LogP contribution in [0, 0.1) is 5.41 Å². The number of carbonyl (C=O) groups is 2. The van der Waals surface area contributed by atoms with E-state index in [1.807, 2.05) is 0 Å². The fraction of sp³-hybridized carbons (Fsp3) is 0.833. The maximum atomic E-state index is 12.0. The molecule has 116 valence electrons. The van der Waals surface area contributed by atoms with E-state index in [9.17, 15) is 23.1 Å². The van der Waals surface area contributed by atoms with E-state index in [2.05, 4.69) is 5.32 Å². The highest BCUT2D eigenvalue weighted by Crippen LogP contribution is 2.30. The maximum Gasteiger partial charge on any atom is 0.311 e. The predicted molar refractivity (Wildman–Crippen MR) is 72.1 cm³/mol. The van der Waals surface area contributed by atoms with Gasteiger partial charge in [0, 0.05) is 26.0 Å². The molecule has 0 aliphatic carbocycles. The first-order valence-corrected chi connectivity index (χ1v) is 8.21. The van der Waals surface area contributed by atoms with Gasteiger partial charge >= 0.3 is 5.97 Å². The Morgan fingerprint density at radius 1 is 1.30 bits per heavy atom. The highest BCUT2D eigenvalue weighted by atomic mass is 32.2. The van der Waals surface area contributed by atoms with Gasteiger partial charge in [-0.2, -0.15) is 0 Å². The van der Waals surface area contributed by atoms with Gasteiger partial charge in [-0.05, 0) is 26.7 Å². The third-order valence-electron chi connectivity index (χ3n) is 3.96. The molecular formula is C12H21NO6S. The van der Waals surface area contributed by atoms with Crippen molar-refractivity contribution in [3.05, 3.63) is 0 Å². The van der Waals surface area contributed by atoms with Gasteiger partial charge in [0.05, 0.1) is 5.41 Å². The monoisotopic (exact) mass is 307 g/mol. The van der Waals surface area contributed by atoms with E-state index in [0.29, 0.717) is 26.1 Å². The zero-order valence-electron chi connectivity index (χ0n) is 11.9. The summed E-state index contributed by atoms with van der Waals surface area (Å²) in [6.07, 6.45) is 1.57. The van der Waals surface area contributed by atoms with Gasteiger partial charge in [0.25, 0.3) is 0 Å². The van der Waals surface area contributed by atoms with Gasteiger partial charge in [-0.1, -0.05) is 0 Å². The fourth-order valence-corrected chi connectivity index (χ4v) is 2.27. The molecular weight excluding hydrogens is 286 g/mol. The number of hydrogen-bond donors (Lipinski definition) is 2. The summed E-state index contributed by atoms with van der Waals surface area (Å²) in [5.41, 5.74) is -1.08. The van der Waals surface area contributed by atoms with E-state index >= 15 is 0 Å². The van der Waals surface area contributed by atoms with E-state index in [0.717, 1.165) is 6.26 Å². The molecule has 1 fully saturated rings. The van der Waals surface area contributed by atoms with Crippen molar-refractivity contribution >= 4 is 21.7 Å². The van der Waals surface area contributed by atoms with E-state index in [1.54, 1.807) is 0 Å². The van der Waals surface area contributed by atoms with Crippen LogP contribution in [0.2, 0.25) is 0 Å². The maximum absolute atomic E-state index is 12.0. The molecule has 8 heteroatoms. The van der Waals surface area contributed by atoms with Crippen molar-refractivity contribution in [2.75, 3.05) is 26.0 Å². The summed E-state index contributed by atoms with van der Waals surface area (Å²) >= 11 is 0. The van der Waals surface area contributed by atoms with Gasteiger partial charge in [-0.15, -0.1) is 0 Å². The largest absolute Gasteiger partial charge is 0.481 e. The lowest BCUT2D eigenvalue weighted by atomic mass is 9.80. The van der Waals surface area contributed by atoms with Crippen LogP contribution in [0.3, 0.4) is 0 Å². The third kappa shape index (κ3) is 3.29. The second-order valence-electron chi connectivity index (χ2n) is 5.66. The Balaban J connectivity index is 2.79. The van der Waals surface area contributed by atoms with Crippen LogP contribution in [0.1, 0.15) is 26.7 Å². The molecule has 1 aliphatic rings. The van der Waals surface area contributed by atoms with Gasteiger partial charge in [0.1, 0.15) is 4.75 Å². The van der Waals surface area contributed by atoms with Crippen LogP contribution in [0.4, 0.5) is 0 Å². The number of carboxylic acid groups (broad SMARTS) is 1. The van der Waals surface area contributed by atoms with Crippen LogP contribution in [0.15, 0.2) is 0 Å². The van der Waals surface area contributed by atoms with Crippen molar-refractivity contribution in [2.45, 2.75) is 31.4 Å². The summed E-state index contributed by atoms with van der Waals surface area (Å²) in [5.74, 6) is -1.69. The predicted octanol–water partition coefficient (Wildman–Crippen LogP) is -0.193. The number of aliphatic carboxylic acids is 1. The molecule has 1 heterocycles. The van der Waals surface area contributed by atoms with E-state index in [-0.39, 0.29) is 6.54 Å². The van der Waals surface area contributed by atoms with Gasteiger partial charge in [0.2, 0.25) is 5.91 Å². The number of hydrogen-bond acceptors (Lipinski definition) is 5. The minimum absolute atomic E-state index is 0.0938. The molecule has 0 bridgehead atoms. The summed E-state index contributed by atoms with van der Waals surface area (Å²) in [4.78, 5) is 23.4. The second-order valence-corrected chi connectivity index (χ2v) is 8.23. The first-order valence-electron chi connectivity index (χ1n) is 6.32. The van der Waals surface area contributed by atoms with E-state index in [1.165, 1.54) is 13.8 Å². The number of carbonyl (C=O) groups excluding carboxylic acids is 1. The Kier molecular flexibility index (Phi) is 4.81. The van der Waals surface area contributed by atoms with Gasteiger partial charge < -0.3 is 15.2 Å². The molecule has 0 spiro atoms. The number of carboxylic acids is 1. The summed E-state index contributed by atoms with van der Waals surface area (Å²) in [5, 5.41) is 11.8. The molecule has 1 rings (SSSR count). The number of sulfone groups is 1. The molecule has 7 nitrogen and oxygen atoms in total. The molecule has 0 aromatic rings. The zero-order valence-corrected chi connectivity index (χ0v) is 12.7. The second kappa shape index (κ2) is 5.69. The highest BCUT2D eigenvalue weighted by Gasteiger charge is 2.43. The number of nitrogens with one attached hydrogen (secondary N) is 1.